The van der Waals surface area contributed by atoms with Crippen LogP contribution in [-0.4, -0.2) is 13.7 Å². The summed E-state index contributed by atoms with van der Waals surface area (Å²) < 4.78 is 10.1. The first-order valence-electron chi connectivity index (χ1n) is 3.62. The van der Waals surface area contributed by atoms with E-state index in [4.69, 9.17) is 14.9 Å². The molecule has 0 aromatic carbocycles. The molecule has 0 bridgehead atoms. The minimum absolute atomic E-state index is 0.605. The van der Waals surface area contributed by atoms with Gasteiger partial charge in [-0.2, -0.15) is 0 Å². The number of furan rings is 1. The summed E-state index contributed by atoms with van der Waals surface area (Å²) in [5.41, 5.74) is 6.42. The Labute approximate surface area is 66.1 Å². The van der Waals surface area contributed by atoms with Gasteiger partial charge in [-0.3, -0.25) is 0 Å². The van der Waals surface area contributed by atoms with Gasteiger partial charge in [0.05, 0.1) is 12.9 Å². The molecule has 0 aliphatic heterocycles. The lowest BCUT2D eigenvalue weighted by molar-refractivity contribution is 0.184. The van der Waals surface area contributed by atoms with Gasteiger partial charge in [0.15, 0.2) is 0 Å². The zero-order valence-electron chi connectivity index (χ0n) is 6.67. The average Bonchev–Trinajstić information content (AvgIpc) is 2.38. The van der Waals surface area contributed by atoms with Gasteiger partial charge in [-0.25, -0.2) is 0 Å². The van der Waals surface area contributed by atoms with Gasteiger partial charge in [0.1, 0.15) is 5.76 Å². The van der Waals surface area contributed by atoms with Crippen LogP contribution in [0.1, 0.15) is 11.3 Å². The van der Waals surface area contributed by atoms with Crippen LogP contribution < -0.4 is 5.73 Å². The maximum atomic E-state index is 5.35. The van der Waals surface area contributed by atoms with E-state index in [2.05, 4.69) is 0 Å². The molecule has 0 aliphatic carbocycles. The molecule has 0 radical (unpaired) electrons. The molecule has 11 heavy (non-hydrogen) atoms. The quantitative estimate of drug-likeness (QED) is 0.703. The van der Waals surface area contributed by atoms with Crippen molar-refractivity contribution in [2.45, 2.75) is 13.0 Å². The number of hydrogen-bond donors (Lipinski definition) is 1. The molecule has 1 rings (SSSR count). The number of hydrogen-bond acceptors (Lipinski definition) is 3. The van der Waals surface area contributed by atoms with Crippen LogP contribution in [0.5, 0.6) is 0 Å². The van der Waals surface area contributed by atoms with Crippen LogP contribution in [-0.2, 0) is 17.8 Å². The third kappa shape index (κ3) is 2.37. The second-order valence-corrected chi connectivity index (χ2v) is 2.39. The van der Waals surface area contributed by atoms with Crippen molar-refractivity contribution >= 4 is 0 Å². The number of nitrogens with two attached hydrogens (primary N) is 1. The summed E-state index contributed by atoms with van der Waals surface area (Å²) in [6.45, 7) is 1.23. The molecule has 1 heterocycles. The molecule has 3 heteroatoms. The lowest BCUT2D eigenvalue weighted by Crippen LogP contribution is -2.01. The Balaban J connectivity index is 2.51. The first-order valence-corrected chi connectivity index (χ1v) is 3.62. The summed E-state index contributed by atoms with van der Waals surface area (Å²) in [7, 11) is 1.66. The number of methoxy groups -OCH3 is 1. The van der Waals surface area contributed by atoms with Gasteiger partial charge in [0.25, 0.3) is 0 Å². The Hall–Kier alpha value is -0.800. The largest absolute Gasteiger partial charge is 0.469 e. The first-order chi connectivity index (χ1) is 5.36. The minimum atomic E-state index is 0.605. The Bertz CT molecular complexity index is 187. The van der Waals surface area contributed by atoms with E-state index in [1.807, 2.05) is 6.07 Å². The summed E-state index contributed by atoms with van der Waals surface area (Å²) >= 11 is 0. The summed E-state index contributed by atoms with van der Waals surface area (Å²) in [5.74, 6) is 0.930. The van der Waals surface area contributed by atoms with Crippen LogP contribution in [0, 0.1) is 0 Å². The normalized spacial score (nSPS) is 10.4. The van der Waals surface area contributed by atoms with Crippen molar-refractivity contribution in [3.05, 3.63) is 23.7 Å². The van der Waals surface area contributed by atoms with Crippen molar-refractivity contribution in [1.82, 2.24) is 0 Å². The minimum Gasteiger partial charge on any atom is -0.469 e. The lowest BCUT2D eigenvalue weighted by Gasteiger charge is -1.89. The molecule has 0 saturated carbocycles. The predicted molar refractivity (Wildman–Crippen MR) is 42.2 cm³/mol. The van der Waals surface area contributed by atoms with E-state index >= 15 is 0 Å². The van der Waals surface area contributed by atoms with Gasteiger partial charge in [-0.05, 0) is 12.6 Å². The fourth-order valence-electron chi connectivity index (χ4n) is 0.942. The molecule has 0 aliphatic rings. The van der Waals surface area contributed by atoms with Crippen molar-refractivity contribution in [1.29, 1.82) is 0 Å². The second kappa shape index (κ2) is 4.16. The highest BCUT2D eigenvalue weighted by atomic mass is 16.5. The van der Waals surface area contributed by atoms with Gasteiger partial charge in [-0.15, -0.1) is 0 Å². The molecular formula is C8H13NO2. The highest BCUT2D eigenvalue weighted by Crippen LogP contribution is 2.08. The Morgan fingerprint density at radius 3 is 3.09 bits per heavy atom. The second-order valence-electron chi connectivity index (χ2n) is 2.39. The van der Waals surface area contributed by atoms with Crippen LogP contribution in [0.3, 0.4) is 0 Å². The molecule has 0 fully saturated rings. The first kappa shape index (κ1) is 8.30. The third-order valence-electron chi connectivity index (χ3n) is 1.41. The van der Waals surface area contributed by atoms with Crippen LogP contribution in [0.15, 0.2) is 16.7 Å². The third-order valence-corrected chi connectivity index (χ3v) is 1.41. The van der Waals surface area contributed by atoms with Gasteiger partial charge in [0, 0.05) is 19.1 Å². The fourth-order valence-corrected chi connectivity index (χ4v) is 0.942. The van der Waals surface area contributed by atoms with Gasteiger partial charge in [0.2, 0.25) is 0 Å². The van der Waals surface area contributed by atoms with E-state index in [0.29, 0.717) is 13.2 Å². The molecule has 0 spiro atoms. The topological polar surface area (TPSA) is 48.4 Å². The fraction of sp³-hybridized carbons (Fsp3) is 0.500. The maximum Gasteiger partial charge on any atom is 0.105 e. The van der Waals surface area contributed by atoms with Gasteiger partial charge >= 0.3 is 0 Å². The SMILES string of the molecule is COCc1coc(CCN)c1. The Kier molecular flexibility index (Phi) is 3.14. The average molecular weight is 155 g/mol. The molecule has 1 aromatic rings. The lowest BCUT2D eigenvalue weighted by atomic mass is 10.3. The van der Waals surface area contributed by atoms with Crippen molar-refractivity contribution in [3.63, 3.8) is 0 Å². The van der Waals surface area contributed by atoms with Gasteiger partial charge < -0.3 is 14.9 Å². The van der Waals surface area contributed by atoms with Crippen molar-refractivity contribution in [2.75, 3.05) is 13.7 Å². The summed E-state index contributed by atoms with van der Waals surface area (Å²) in [5, 5.41) is 0. The van der Waals surface area contributed by atoms with Crippen LogP contribution >= 0.6 is 0 Å². The number of rotatable bonds is 4. The number of ether oxygens (including phenoxy) is 1. The Morgan fingerprint density at radius 1 is 1.64 bits per heavy atom. The molecule has 3 nitrogen and oxygen atoms in total. The molecule has 62 valence electrons. The van der Waals surface area contributed by atoms with E-state index in [9.17, 15) is 0 Å². The van der Waals surface area contributed by atoms with E-state index in [1.165, 1.54) is 0 Å². The molecular weight excluding hydrogens is 142 g/mol. The predicted octanol–water partition coefficient (Wildman–Crippen LogP) is 0.927. The van der Waals surface area contributed by atoms with E-state index in [1.54, 1.807) is 13.4 Å². The Morgan fingerprint density at radius 2 is 2.45 bits per heavy atom. The maximum absolute atomic E-state index is 5.35. The monoisotopic (exact) mass is 155 g/mol. The van der Waals surface area contributed by atoms with Crippen molar-refractivity contribution < 1.29 is 9.15 Å². The van der Waals surface area contributed by atoms with Crippen LogP contribution in [0.4, 0.5) is 0 Å². The van der Waals surface area contributed by atoms with E-state index in [0.717, 1.165) is 17.7 Å². The zero-order valence-corrected chi connectivity index (χ0v) is 6.67. The smallest absolute Gasteiger partial charge is 0.105 e. The summed E-state index contributed by atoms with van der Waals surface area (Å²) in [6, 6.07) is 1.97. The van der Waals surface area contributed by atoms with Crippen LogP contribution in [0.2, 0.25) is 0 Å². The molecule has 0 unspecified atom stereocenters. The summed E-state index contributed by atoms with van der Waals surface area (Å²) in [4.78, 5) is 0. The van der Waals surface area contributed by atoms with E-state index in [-0.39, 0.29) is 0 Å². The molecule has 1 aromatic heterocycles. The standard InChI is InChI=1S/C8H13NO2/c1-10-5-7-4-8(2-3-9)11-6-7/h4,6H,2-3,5,9H2,1H3. The molecule has 2 N–H and O–H groups in total. The summed E-state index contributed by atoms with van der Waals surface area (Å²) in [6.07, 6.45) is 2.50. The zero-order chi connectivity index (χ0) is 8.10. The van der Waals surface area contributed by atoms with Crippen molar-refractivity contribution in [3.8, 4) is 0 Å². The highest BCUT2D eigenvalue weighted by molar-refractivity contribution is 5.11. The van der Waals surface area contributed by atoms with Gasteiger partial charge in [-0.1, -0.05) is 0 Å². The van der Waals surface area contributed by atoms with Crippen molar-refractivity contribution in [2.24, 2.45) is 5.73 Å². The van der Waals surface area contributed by atoms with Crippen LogP contribution in [0.25, 0.3) is 0 Å². The van der Waals surface area contributed by atoms with E-state index < -0.39 is 0 Å². The molecule has 0 saturated heterocycles. The highest BCUT2D eigenvalue weighted by Gasteiger charge is 1.99. The molecule has 0 amide bonds. The molecule has 0 atom stereocenters.